The summed E-state index contributed by atoms with van der Waals surface area (Å²) in [7, 11) is 0. The molecule has 3 heterocycles. The lowest BCUT2D eigenvalue weighted by molar-refractivity contribution is 0.0254. The van der Waals surface area contributed by atoms with Crippen LogP contribution in [0.3, 0.4) is 0 Å². The molecule has 2 fully saturated rings. The summed E-state index contributed by atoms with van der Waals surface area (Å²) in [6, 6.07) is 5.83. The predicted molar refractivity (Wildman–Crippen MR) is 143 cm³/mol. The minimum absolute atomic E-state index is 0.0173. The number of aromatic hydroxyl groups is 1. The van der Waals surface area contributed by atoms with E-state index in [-0.39, 0.29) is 29.4 Å². The maximum Gasteiger partial charge on any atom is 0.274 e. The number of anilines is 1. The Kier molecular flexibility index (Phi) is 8.24. The van der Waals surface area contributed by atoms with Crippen LogP contribution in [0, 0.1) is 17.6 Å². The maximum atomic E-state index is 15.2. The van der Waals surface area contributed by atoms with Gasteiger partial charge < -0.3 is 30.7 Å². The highest BCUT2D eigenvalue weighted by Crippen LogP contribution is 2.39. The third-order valence-corrected chi connectivity index (χ3v) is 7.61. The first-order valence-corrected chi connectivity index (χ1v) is 13.3. The number of amides is 1. The highest BCUT2D eigenvalue weighted by Gasteiger charge is 2.34. The second-order valence-corrected chi connectivity index (χ2v) is 10.5. The number of aliphatic hydroxyl groups is 1. The zero-order valence-corrected chi connectivity index (χ0v) is 22.0. The Hall–Kier alpha value is -3.67. The maximum absolute atomic E-state index is 15.2. The van der Waals surface area contributed by atoms with Gasteiger partial charge >= 0.3 is 0 Å². The molecule has 1 aliphatic carbocycles. The Bertz CT molecular complexity index is 1350. The number of rotatable bonds is 6. The third kappa shape index (κ3) is 5.91. The highest BCUT2D eigenvalue weighted by atomic mass is 19.1. The quantitative estimate of drug-likeness (QED) is 0.357. The van der Waals surface area contributed by atoms with Crippen molar-refractivity contribution in [2.45, 2.75) is 56.8 Å². The molecule has 1 saturated heterocycles. The molecule has 2 aliphatic rings. The monoisotopic (exact) mass is 554 g/mol. The Morgan fingerprint density at radius 2 is 1.93 bits per heavy atom. The Balaban J connectivity index is 1.38. The van der Waals surface area contributed by atoms with Gasteiger partial charge in [-0.25, -0.2) is 13.8 Å². The Labute approximate surface area is 230 Å². The molecule has 0 bridgehead atoms. The number of aromatic nitrogens is 2. The van der Waals surface area contributed by atoms with Gasteiger partial charge in [-0.15, -0.1) is 0 Å². The number of carbonyl (C=O) groups excluding carboxylic acids is 1. The fourth-order valence-corrected chi connectivity index (χ4v) is 5.48. The third-order valence-electron chi connectivity index (χ3n) is 7.61. The van der Waals surface area contributed by atoms with E-state index in [1.807, 2.05) is 6.92 Å². The first-order valence-electron chi connectivity index (χ1n) is 13.3. The molecule has 5 rings (SSSR count). The molecule has 212 valence electrons. The number of nitrogens with two attached hydrogens (primary N) is 1. The van der Waals surface area contributed by atoms with Crippen molar-refractivity contribution in [3.05, 3.63) is 65.6 Å². The van der Waals surface area contributed by atoms with Gasteiger partial charge in [-0.2, -0.15) is 0 Å². The molecule has 1 aromatic carbocycles. The molecular weight excluding hydrogens is 522 g/mol. The minimum Gasteiger partial charge on any atom is -0.507 e. The molecule has 0 radical (unpaired) electrons. The second-order valence-electron chi connectivity index (χ2n) is 10.5. The molecule has 1 saturated carbocycles. The SMILES string of the molecule is C[C@H]1C[C@@H](c2ccncc2NC(=O)c2ccc(F)c(-c3c(O)cc(OC4CCOCC4)cc3F)n2)C[C@@H](N)[C@@H]1O. The van der Waals surface area contributed by atoms with Gasteiger partial charge in [0.15, 0.2) is 0 Å². The average molecular weight is 555 g/mol. The molecule has 2 aromatic heterocycles. The van der Waals surface area contributed by atoms with E-state index in [0.29, 0.717) is 44.6 Å². The molecular formula is C29H32F2N4O5. The second kappa shape index (κ2) is 11.8. The van der Waals surface area contributed by atoms with Gasteiger partial charge in [0.25, 0.3) is 5.91 Å². The molecule has 4 atom stereocenters. The first-order chi connectivity index (χ1) is 19.2. The number of nitrogens with zero attached hydrogens (tertiary/aromatic N) is 2. The van der Waals surface area contributed by atoms with Crippen molar-refractivity contribution in [1.82, 2.24) is 9.97 Å². The number of pyridine rings is 2. The molecule has 0 spiro atoms. The lowest BCUT2D eigenvalue weighted by Crippen LogP contribution is -2.44. The van der Waals surface area contributed by atoms with Crippen molar-refractivity contribution in [3.63, 3.8) is 0 Å². The highest BCUT2D eigenvalue weighted by molar-refractivity contribution is 6.03. The number of hydrogen-bond donors (Lipinski definition) is 4. The first kappa shape index (κ1) is 27.9. The summed E-state index contributed by atoms with van der Waals surface area (Å²) in [5.74, 6) is -3.01. The van der Waals surface area contributed by atoms with Crippen LogP contribution in [0.5, 0.6) is 11.5 Å². The summed E-state index contributed by atoms with van der Waals surface area (Å²) in [6.07, 6.45) is 4.79. The Morgan fingerprint density at radius 1 is 1.15 bits per heavy atom. The minimum atomic E-state index is -0.939. The van der Waals surface area contributed by atoms with E-state index in [2.05, 4.69) is 15.3 Å². The summed E-state index contributed by atoms with van der Waals surface area (Å²) in [5, 5.41) is 23.6. The van der Waals surface area contributed by atoms with Crippen LogP contribution in [0.25, 0.3) is 11.3 Å². The molecule has 1 aliphatic heterocycles. The van der Waals surface area contributed by atoms with E-state index in [0.717, 1.165) is 17.7 Å². The molecule has 40 heavy (non-hydrogen) atoms. The van der Waals surface area contributed by atoms with Crippen molar-refractivity contribution in [1.29, 1.82) is 0 Å². The zero-order valence-electron chi connectivity index (χ0n) is 22.0. The fraction of sp³-hybridized carbons (Fsp3) is 0.414. The predicted octanol–water partition coefficient (Wildman–Crippen LogP) is 4.14. The smallest absolute Gasteiger partial charge is 0.274 e. The van der Waals surface area contributed by atoms with E-state index in [4.69, 9.17) is 15.2 Å². The number of carbonyl (C=O) groups is 1. The molecule has 5 N–H and O–H groups in total. The lowest BCUT2D eigenvalue weighted by atomic mass is 9.74. The summed E-state index contributed by atoms with van der Waals surface area (Å²) in [5.41, 5.74) is 6.22. The van der Waals surface area contributed by atoms with Crippen molar-refractivity contribution >= 4 is 11.6 Å². The molecule has 11 heteroatoms. The summed E-state index contributed by atoms with van der Waals surface area (Å²) in [4.78, 5) is 21.4. The molecule has 1 amide bonds. The van der Waals surface area contributed by atoms with E-state index >= 15 is 4.39 Å². The van der Waals surface area contributed by atoms with Gasteiger partial charge in [-0.3, -0.25) is 9.78 Å². The van der Waals surface area contributed by atoms with Gasteiger partial charge in [-0.05, 0) is 48.4 Å². The van der Waals surface area contributed by atoms with Gasteiger partial charge in [-0.1, -0.05) is 6.92 Å². The van der Waals surface area contributed by atoms with E-state index in [1.165, 1.54) is 18.3 Å². The number of phenolic OH excluding ortho intramolecular Hbond substituents is 1. The largest absolute Gasteiger partial charge is 0.507 e. The van der Waals surface area contributed by atoms with E-state index in [9.17, 15) is 19.4 Å². The fourth-order valence-electron chi connectivity index (χ4n) is 5.48. The van der Waals surface area contributed by atoms with Crippen LogP contribution >= 0.6 is 0 Å². The number of phenols is 1. The van der Waals surface area contributed by atoms with E-state index in [1.54, 1.807) is 12.3 Å². The number of nitrogens with one attached hydrogen (secondary N) is 1. The number of halogens is 2. The van der Waals surface area contributed by atoms with Crippen molar-refractivity contribution < 1.29 is 33.3 Å². The van der Waals surface area contributed by atoms with Crippen LogP contribution in [0.1, 0.15) is 54.6 Å². The topological polar surface area (TPSA) is 140 Å². The van der Waals surface area contributed by atoms with Crippen LogP contribution in [0.2, 0.25) is 0 Å². The van der Waals surface area contributed by atoms with Crippen molar-refractivity contribution in [3.8, 4) is 22.8 Å². The average Bonchev–Trinajstić information content (AvgIpc) is 2.93. The zero-order chi connectivity index (χ0) is 28.4. The summed E-state index contributed by atoms with van der Waals surface area (Å²) >= 11 is 0. The van der Waals surface area contributed by atoms with Crippen LogP contribution in [0.4, 0.5) is 14.5 Å². The van der Waals surface area contributed by atoms with Gasteiger partial charge in [0.1, 0.15) is 40.6 Å². The summed E-state index contributed by atoms with van der Waals surface area (Å²) < 4.78 is 41.0. The van der Waals surface area contributed by atoms with Crippen molar-refractivity contribution in [2.75, 3.05) is 18.5 Å². The van der Waals surface area contributed by atoms with Gasteiger partial charge in [0.05, 0.1) is 36.8 Å². The molecule has 0 unspecified atom stereocenters. The van der Waals surface area contributed by atoms with Crippen LogP contribution in [-0.2, 0) is 4.74 Å². The summed E-state index contributed by atoms with van der Waals surface area (Å²) in [6.45, 7) is 2.98. The van der Waals surface area contributed by atoms with Crippen LogP contribution in [0.15, 0.2) is 42.7 Å². The number of benzene rings is 1. The lowest BCUT2D eigenvalue weighted by Gasteiger charge is -2.36. The number of aliphatic hydroxyl groups excluding tert-OH is 1. The van der Waals surface area contributed by atoms with E-state index < -0.39 is 46.7 Å². The standard InChI is InChI=1S/C29H32F2N4O5/c1-15-10-16(11-22(32)28(15)37)19-4-7-33-14-24(19)35-29(38)23-3-2-20(30)27(34-23)26-21(31)12-18(13-25(26)36)40-17-5-8-39-9-6-17/h2-4,7,12-17,22,28,36-37H,5-6,8-11,32H2,1H3,(H,35,38)/t15-,16+,22+,28+/m0/s1. The molecule has 3 aromatic rings. The molecule has 9 nitrogen and oxygen atoms in total. The normalized spacial score (nSPS) is 23.5. The van der Waals surface area contributed by atoms with Crippen molar-refractivity contribution in [2.24, 2.45) is 11.7 Å². The van der Waals surface area contributed by atoms with Gasteiger partial charge in [0, 0.05) is 37.2 Å². The van der Waals surface area contributed by atoms with Crippen LogP contribution in [-0.4, -0.2) is 57.6 Å². The number of hydrogen-bond acceptors (Lipinski definition) is 8. The Morgan fingerprint density at radius 3 is 2.65 bits per heavy atom. The number of ether oxygens (including phenoxy) is 2. The van der Waals surface area contributed by atoms with Gasteiger partial charge in [0.2, 0.25) is 0 Å². The van der Waals surface area contributed by atoms with Crippen LogP contribution < -0.4 is 15.8 Å².